The van der Waals surface area contributed by atoms with E-state index in [9.17, 15) is 9.59 Å². The van der Waals surface area contributed by atoms with Gasteiger partial charge in [0.25, 0.3) is 0 Å². The van der Waals surface area contributed by atoms with Crippen molar-refractivity contribution in [2.45, 2.75) is 52.1 Å². The van der Waals surface area contributed by atoms with Gasteiger partial charge in [-0.05, 0) is 45.1 Å². The maximum absolute atomic E-state index is 12.6. The molecule has 2 amide bonds. The molecule has 0 aliphatic heterocycles. The molecule has 0 aromatic heterocycles. The molecule has 1 aromatic rings. The van der Waals surface area contributed by atoms with Crippen LogP contribution < -0.4 is 5.32 Å². The highest BCUT2D eigenvalue weighted by atomic mass is 16.2. The summed E-state index contributed by atoms with van der Waals surface area (Å²) in [5, 5.41) is 2.90. The zero-order valence-electron chi connectivity index (χ0n) is 16.6. The Bertz CT molecular complexity index is 591. The minimum Gasteiger partial charge on any atom is -0.350 e. The van der Waals surface area contributed by atoms with Crippen molar-refractivity contribution >= 4 is 11.8 Å². The number of nitrogens with zero attached hydrogens (tertiary/aromatic N) is 2. The Morgan fingerprint density at radius 3 is 2.31 bits per heavy atom. The quantitative estimate of drug-likeness (QED) is 0.776. The third kappa shape index (κ3) is 7.16. The van der Waals surface area contributed by atoms with Crippen molar-refractivity contribution in [3.05, 3.63) is 35.9 Å². The Morgan fingerprint density at radius 2 is 1.77 bits per heavy atom. The fraction of sp³-hybridized carbons (Fsp3) is 0.619. The van der Waals surface area contributed by atoms with Gasteiger partial charge in [-0.15, -0.1) is 0 Å². The molecule has 0 saturated heterocycles. The summed E-state index contributed by atoms with van der Waals surface area (Å²) in [6, 6.07) is 10.3. The van der Waals surface area contributed by atoms with Crippen LogP contribution in [0.1, 0.15) is 45.6 Å². The van der Waals surface area contributed by atoms with E-state index in [4.69, 9.17) is 0 Å². The van der Waals surface area contributed by atoms with E-state index in [1.807, 2.05) is 39.0 Å². The Labute approximate surface area is 157 Å². The highest BCUT2D eigenvalue weighted by Crippen LogP contribution is 2.27. The topological polar surface area (TPSA) is 52.7 Å². The zero-order chi connectivity index (χ0) is 19.2. The molecule has 1 aromatic carbocycles. The maximum atomic E-state index is 12.6. The average Bonchev–Trinajstić information content (AvgIpc) is 2.49. The van der Waals surface area contributed by atoms with Crippen LogP contribution in [0, 0.1) is 5.92 Å². The van der Waals surface area contributed by atoms with Crippen LogP contribution in [0.3, 0.4) is 0 Å². The molecule has 1 N–H and O–H groups in total. The van der Waals surface area contributed by atoms with Gasteiger partial charge in [0.05, 0.1) is 13.1 Å². The largest absolute Gasteiger partial charge is 0.350 e. The fourth-order valence-corrected chi connectivity index (χ4v) is 3.14. The first kappa shape index (κ1) is 20.4. The first-order valence-electron chi connectivity index (χ1n) is 9.54. The number of rotatable bonds is 8. The smallest absolute Gasteiger partial charge is 0.240 e. The number of likely N-dealkylation sites (N-methyl/N-ethyl adjacent to an activating group) is 1. The SMILES string of the molecule is CN(CC(=O)NC(C)(C)C)C(=O)CN(Cc1ccccc1)CC1CCC1. The minimum absolute atomic E-state index is 0.00989. The van der Waals surface area contributed by atoms with E-state index in [-0.39, 0.29) is 23.9 Å². The van der Waals surface area contributed by atoms with Crippen LogP contribution in [0.4, 0.5) is 0 Å². The van der Waals surface area contributed by atoms with Gasteiger partial charge in [-0.2, -0.15) is 0 Å². The third-order valence-corrected chi connectivity index (χ3v) is 4.67. The number of benzene rings is 1. The van der Waals surface area contributed by atoms with Gasteiger partial charge in [0.15, 0.2) is 0 Å². The van der Waals surface area contributed by atoms with E-state index in [1.165, 1.54) is 29.7 Å². The molecule has 26 heavy (non-hydrogen) atoms. The van der Waals surface area contributed by atoms with Crippen LogP contribution in [0.25, 0.3) is 0 Å². The second-order valence-electron chi connectivity index (χ2n) is 8.50. The van der Waals surface area contributed by atoms with Crippen molar-refractivity contribution in [3.63, 3.8) is 0 Å². The highest BCUT2D eigenvalue weighted by Gasteiger charge is 2.24. The maximum Gasteiger partial charge on any atom is 0.240 e. The molecule has 144 valence electrons. The van der Waals surface area contributed by atoms with E-state index in [1.54, 1.807) is 7.05 Å². The Kier molecular flexibility index (Phi) is 7.21. The summed E-state index contributed by atoms with van der Waals surface area (Å²) in [4.78, 5) is 28.5. The molecular weight excluding hydrogens is 326 g/mol. The van der Waals surface area contributed by atoms with Crippen LogP contribution in [-0.4, -0.2) is 53.8 Å². The Balaban J connectivity index is 1.90. The lowest BCUT2D eigenvalue weighted by Gasteiger charge is -2.33. The molecule has 1 fully saturated rings. The van der Waals surface area contributed by atoms with Crippen molar-refractivity contribution in [2.24, 2.45) is 5.92 Å². The van der Waals surface area contributed by atoms with Gasteiger partial charge in [-0.25, -0.2) is 0 Å². The molecule has 0 atom stereocenters. The molecule has 1 saturated carbocycles. The molecule has 0 heterocycles. The monoisotopic (exact) mass is 359 g/mol. The number of carbonyl (C=O) groups is 2. The molecule has 0 spiro atoms. The predicted molar refractivity (Wildman–Crippen MR) is 105 cm³/mol. The summed E-state index contributed by atoms with van der Waals surface area (Å²) in [6.45, 7) is 7.98. The van der Waals surface area contributed by atoms with E-state index in [0.29, 0.717) is 12.5 Å². The lowest BCUT2D eigenvalue weighted by Crippen LogP contribution is -2.48. The number of nitrogens with one attached hydrogen (secondary N) is 1. The molecule has 1 aliphatic carbocycles. The number of hydrogen-bond acceptors (Lipinski definition) is 3. The molecule has 0 bridgehead atoms. The summed E-state index contributed by atoms with van der Waals surface area (Å²) in [7, 11) is 1.70. The third-order valence-electron chi connectivity index (χ3n) is 4.67. The van der Waals surface area contributed by atoms with E-state index in [0.717, 1.165) is 13.1 Å². The van der Waals surface area contributed by atoms with Gasteiger partial charge in [-0.3, -0.25) is 14.5 Å². The summed E-state index contributed by atoms with van der Waals surface area (Å²) in [5.41, 5.74) is 0.928. The fourth-order valence-electron chi connectivity index (χ4n) is 3.14. The van der Waals surface area contributed by atoms with Gasteiger partial charge < -0.3 is 10.2 Å². The molecule has 0 unspecified atom stereocenters. The Morgan fingerprint density at radius 1 is 1.12 bits per heavy atom. The number of amides is 2. The number of carbonyl (C=O) groups excluding carboxylic acids is 2. The van der Waals surface area contributed by atoms with Gasteiger partial charge in [-0.1, -0.05) is 36.8 Å². The lowest BCUT2D eigenvalue weighted by molar-refractivity contribution is -0.136. The van der Waals surface area contributed by atoms with Gasteiger partial charge in [0.2, 0.25) is 11.8 Å². The van der Waals surface area contributed by atoms with Crippen molar-refractivity contribution in [3.8, 4) is 0 Å². The van der Waals surface area contributed by atoms with Crippen LogP contribution in [-0.2, 0) is 16.1 Å². The van der Waals surface area contributed by atoms with Crippen molar-refractivity contribution in [1.82, 2.24) is 15.1 Å². The standard InChI is InChI=1S/C21H33N3O2/c1-21(2,3)22-19(25)15-23(4)20(26)16-24(14-18-11-8-12-18)13-17-9-6-5-7-10-17/h5-7,9-10,18H,8,11-16H2,1-4H3,(H,22,25). The van der Waals surface area contributed by atoms with Gasteiger partial charge in [0.1, 0.15) is 0 Å². The molecule has 0 radical (unpaired) electrons. The van der Waals surface area contributed by atoms with Crippen LogP contribution in [0.2, 0.25) is 0 Å². The minimum atomic E-state index is -0.287. The van der Waals surface area contributed by atoms with Crippen LogP contribution in [0.15, 0.2) is 30.3 Å². The van der Waals surface area contributed by atoms with Crippen LogP contribution >= 0.6 is 0 Å². The molecule has 2 rings (SSSR count). The van der Waals surface area contributed by atoms with Crippen molar-refractivity contribution < 1.29 is 9.59 Å². The second kappa shape index (κ2) is 9.17. The summed E-state index contributed by atoms with van der Waals surface area (Å²) in [6.07, 6.45) is 3.80. The van der Waals surface area contributed by atoms with Gasteiger partial charge in [0, 0.05) is 25.7 Å². The molecule has 5 nitrogen and oxygen atoms in total. The summed E-state index contributed by atoms with van der Waals surface area (Å²) < 4.78 is 0. The van der Waals surface area contributed by atoms with Gasteiger partial charge >= 0.3 is 0 Å². The lowest BCUT2D eigenvalue weighted by atomic mass is 9.85. The average molecular weight is 360 g/mol. The molecule has 1 aliphatic rings. The molecule has 5 heteroatoms. The summed E-state index contributed by atoms with van der Waals surface area (Å²) >= 11 is 0. The van der Waals surface area contributed by atoms with E-state index >= 15 is 0 Å². The highest BCUT2D eigenvalue weighted by molar-refractivity contribution is 5.85. The van der Waals surface area contributed by atoms with Crippen molar-refractivity contribution in [1.29, 1.82) is 0 Å². The van der Waals surface area contributed by atoms with Crippen molar-refractivity contribution in [2.75, 3.05) is 26.7 Å². The molecular formula is C21H33N3O2. The zero-order valence-corrected chi connectivity index (χ0v) is 16.6. The van der Waals surface area contributed by atoms with E-state index < -0.39 is 0 Å². The van der Waals surface area contributed by atoms with E-state index in [2.05, 4.69) is 22.3 Å². The predicted octanol–water partition coefficient (Wildman–Crippen LogP) is 2.66. The summed E-state index contributed by atoms with van der Waals surface area (Å²) in [5.74, 6) is 0.562. The first-order valence-corrected chi connectivity index (χ1v) is 9.54. The van der Waals surface area contributed by atoms with Crippen LogP contribution in [0.5, 0.6) is 0 Å². The first-order chi connectivity index (χ1) is 12.2. The number of hydrogen-bond donors (Lipinski definition) is 1. The normalized spacial score (nSPS) is 14.8. The Hall–Kier alpha value is -1.88. The second-order valence-corrected chi connectivity index (χ2v) is 8.50.